The highest BCUT2D eigenvalue weighted by Gasteiger charge is 2.00. The first-order chi connectivity index (χ1) is 11.7. The maximum atomic E-state index is 9.75. The van der Waals surface area contributed by atoms with Gasteiger partial charge in [-0.15, -0.1) is 0 Å². The van der Waals surface area contributed by atoms with Crippen LogP contribution in [0.5, 0.6) is 11.5 Å². The summed E-state index contributed by atoms with van der Waals surface area (Å²) in [4.78, 5) is 4.36. The minimum Gasteiger partial charge on any atom is -0.508 e. The standard InChI is InChI=1S/C20H18N2O2/c23-19-7-3-1-5-15(19)13-21-17-9-11-18(12-10-17)22-14-16-6-2-4-8-20(16)24/h1-13,22-24H,14H2. The summed E-state index contributed by atoms with van der Waals surface area (Å²) < 4.78 is 0. The van der Waals surface area contributed by atoms with E-state index in [1.165, 1.54) is 0 Å². The molecule has 0 aliphatic rings. The fraction of sp³-hybridized carbons (Fsp3) is 0.0500. The molecule has 4 nitrogen and oxygen atoms in total. The van der Waals surface area contributed by atoms with E-state index in [1.54, 1.807) is 36.5 Å². The maximum Gasteiger partial charge on any atom is 0.124 e. The number of nitrogens with one attached hydrogen (secondary N) is 1. The Morgan fingerprint density at radius 1 is 0.792 bits per heavy atom. The zero-order valence-electron chi connectivity index (χ0n) is 13.1. The summed E-state index contributed by atoms with van der Waals surface area (Å²) in [5.41, 5.74) is 3.27. The molecule has 0 bridgehead atoms. The van der Waals surface area contributed by atoms with Gasteiger partial charge in [0, 0.05) is 29.6 Å². The van der Waals surface area contributed by atoms with Crippen molar-refractivity contribution in [2.75, 3.05) is 5.32 Å². The van der Waals surface area contributed by atoms with Crippen molar-refractivity contribution in [3.05, 3.63) is 83.9 Å². The summed E-state index contributed by atoms with van der Waals surface area (Å²) >= 11 is 0. The van der Waals surface area contributed by atoms with Gasteiger partial charge >= 0.3 is 0 Å². The number of aliphatic imine (C=N–C) groups is 1. The molecule has 0 amide bonds. The summed E-state index contributed by atoms with van der Waals surface area (Å²) in [5.74, 6) is 0.496. The highest BCUT2D eigenvalue weighted by molar-refractivity contribution is 5.85. The summed E-state index contributed by atoms with van der Waals surface area (Å²) in [6, 6.07) is 22.0. The Balaban J connectivity index is 1.63. The number of phenolic OH excluding ortho intramolecular Hbond substituents is 2. The molecule has 0 aliphatic carbocycles. The lowest BCUT2D eigenvalue weighted by Gasteiger charge is -2.08. The number of aromatic hydroxyl groups is 2. The monoisotopic (exact) mass is 318 g/mol. The van der Waals surface area contributed by atoms with E-state index in [0.717, 1.165) is 16.9 Å². The fourth-order valence-corrected chi connectivity index (χ4v) is 2.26. The van der Waals surface area contributed by atoms with E-state index in [1.807, 2.05) is 42.5 Å². The van der Waals surface area contributed by atoms with Crippen LogP contribution in [0.2, 0.25) is 0 Å². The van der Waals surface area contributed by atoms with Crippen molar-refractivity contribution in [2.24, 2.45) is 4.99 Å². The van der Waals surface area contributed by atoms with Crippen LogP contribution in [0.1, 0.15) is 11.1 Å². The van der Waals surface area contributed by atoms with Crippen molar-refractivity contribution in [2.45, 2.75) is 6.54 Å². The molecule has 120 valence electrons. The first kappa shape index (κ1) is 15.6. The van der Waals surface area contributed by atoms with Gasteiger partial charge in [0.15, 0.2) is 0 Å². The second-order valence-corrected chi connectivity index (χ2v) is 5.35. The molecule has 0 aromatic heterocycles. The first-order valence-corrected chi connectivity index (χ1v) is 7.65. The average molecular weight is 318 g/mol. The van der Waals surface area contributed by atoms with E-state index in [4.69, 9.17) is 0 Å². The lowest BCUT2D eigenvalue weighted by Crippen LogP contribution is -1.99. The topological polar surface area (TPSA) is 64.9 Å². The predicted molar refractivity (Wildman–Crippen MR) is 97.2 cm³/mol. The molecule has 3 aromatic carbocycles. The number of hydrogen-bond acceptors (Lipinski definition) is 4. The number of benzene rings is 3. The van der Waals surface area contributed by atoms with Crippen molar-refractivity contribution in [1.29, 1.82) is 0 Å². The summed E-state index contributed by atoms with van der Waals surface area (Å²) in [5, 5.41) is 22.7. The van der Waals surface area contributed by atoms with Gasteiger partial charge in [0.1, 0.15) is 11.5 Å². The Labute approximate surface area is 140 Å². The predicted octanol–water partition coefficient (Wildman–Crippen LogP) is 4.46. The molecule has 0 unspecified atom stereocenters. The van der Waals surface area contributed by atoms with Gasteiger partial charge in [0.25, 0.3) is 0 Å². The Morgan fingerprint density at radius 3 is 2.17 bits per heavy atom. The molecule has 0 spiro atoms. The Bertz CT molecular complexity index is 842. The summed E-state index contributed by atoms with van der Waals surface area (Å²) in [6.45, 7) is 0.549. The quantitative estimate of drug-likeness (QED) is 0.609. The number of nitrogens with zero attached hydrogens (tertiary/aromatic N) is 1. The van der Waals surface area contributed by atoms with Gasteiger partial charge in [-0.05, 0) is 42.5 Å². The van der Waals surface area contributed by atoms with Gasteiger partial charge in [-0.1, -0.05) is 30.3 Å². The van der Waals surface area contributed by atoms with Crippen LogP contribution in [-0.2, 0) is 6.54 Å². The zero-order valence-corrected chi connectivity index (χ0v) is 13.1. The normalized spacial score (nSPS) is 10.8. The highest BCUT2D eigenvalue weighted by Crippen LogP contribution is 2.21. The number of phenols is 2. The van der Waals surface area contributed by atoms with Gasteiger partial charge in [-0.2, -0.15) is 0 Å². The van der Waals surface area contributed by atoms with Crippen molar-refractivity contribution in [3.63, 3.8) is 0 Å². The van der Waals surface area contributed by atoms with E-state index in [9.17, 15) is 10.2 Å². The SMILES string of the molecule is Oc1ccccc1C=Nc1ccc(NCc2ccccc2O)cc1. The third kappa shape index (κ3) is 3.93. The van der Waals surface area contributed by atoms with Crippen LogP contribution in [-0.4, -0.2) is 16.4 Å². The number of para-hydroxylation sites is 2. The van der Waals surface area contributed by atoms with E-state index < -0.39 is 0 Å². The van der Waals surface area contributed by atoms with Crippen LogP contribution in [0.4, 0.5) is 11.4 Å². The van der Waals surface area contributed by atoms with Crippen molar-refractivity contribution >= 4 is 17.6 Å². The van der Waals surface area contributed by atoms with Crippen LogP contribution in [0.3, 0.4) is 0 Å². The van der Waals surface area contributed by atoms with Crippen molar-refractivity contribution < 1.29 is 10.2 Å². The third-order valence-corrected chi connectivity index (χ3v) is 3.63. The average Bonchev–Trinajstić information content (AvgIpc) is 2.61. The van der Waals surface area contributed by atoms with Crippen molar-refractivity contribution in [3.8, 4) is 11.5 Å². The van der Waals surface area contributed by atoms with Gasteiger partial charge in [-0.3, -0.25) is 4.99 Å². The maximum absolute atomic E-state index is 9.75. The lowest BCUT2D eigenvalue weighted by molar-refractivity contribution is 0.469. The summed E-state index contributed by atoms with van der Waals surface area (Å²) in [6.07, 6.45) is 1.64. The molecule has 3 aromatic rings. The zero-order chi connectivity index (χ0) is 16.8. The molecule has 4 heteroatoms. The molecule has 3 rings (SSSR count). The molecule has 0 fully saturated rings. The fourth-order valence-electron chi connectivity index (χ4n) is 2.26. The Hall–Kier alpha value is -3.27. The number of rotatable bonds is 5. The van der Waals surface area contributed by atoms with Crippen LogP contribution >= 0.6 is 0 Å². The molecule has 0 saturated carbocycles. The molecular weight excluding hydrogens is 300 g/mol. The molecule has 0 saturated heterocycles. The third-order valence-electron chi connectivity index (χ3n) is 3.63. The molecule has 0 aliphatic heterocycles. The molecular formula is C20H18N2O2. The molecule has 0 heterocycles. The van der Waals surface area contributed by atoms with Crippen LogP contribution in [0.15, 0.2) is 77.8 Å². The first-order valence-electron chi connectivity index (χ1n) is 7.65. The molecule has 3 N–H and O–H groups in total. The van der Waals surface area contributed by atoms with Gasteiger partial charge in [0.2, 0.25) is 0 Å². The number of hydrogen-bond donors (Lipinski definition) is 3. The largest absolute Gasteiger partial charge is 0.508 e. The second kappa shape index (κ2) is 7.33. The minimum absolute atomic E-state index is 0.210. The molecule has 0 radical (unpaired) electrons. The van der Waals surface area contributed by atoms with E-state index in [0.29, 0.717) is 12.1 Å². The smallest absolute Gasteiger partial charge is 0.124 e. The van der Waals surface area contributed by atoms with Crippen LogP contribution in [0.25, 0.3) is 0 Å². The summed E-state index contributed by atoms with van der Waals surface area (Å²) in [7, 11) is 0. The highest BCUT2D eigenvalue weighted by atomic mass is 16.3. The Morgan fingerprint density at radius 2 is 1.46 bits per heavy atom. The van der Waals surface area contributed by atoms with E-state index in [2.05, 4.69) is 10.3 Å². The molecule has 24 heavy (non-hydrogen) atoms. The number of anilines is 1. The molecule has 0 atom stereocenters. The van der Waals surface area contributed by atoms with E-state index in [-0.39, 0.29) is 11.5 Å². The second-order valence-electron chi connectivity index (χ2n) is 5.35. The van der Waals surface area contributed by atoms with Gasteiger partial charge < -0.3 is 15.5 Å². The van der Waals surface area contributed by atoms with Crippen LogP contribution < -0.4 is 5.32 Å². The van der Waals surface area contributed by atoms with Crippen LogP contribution in [0, 0.1) is 0 Å². The minimum atomic E-state index is 0.210. The Kier molecular flexibility index (Phi) is 4.77. The lowest BCUT2D eigenvalue weighted by atomic mass is 10.2. The van der Waals surface area contributed by atoms with Gasteiger partial charge in [0.05, 0.1) is 5.69 Å². The van der Waals surface area contributed by atoms with E-state index >= 15 is 0 Å². The van der Waals surface area contributed by atoms with Gasteiger partial charge in [-0.25, -0.2) is 0 Å². The van der Waals surface area contributed by atoms with Crippen molar-refractivity contribution in [1.82, 2.24) is 0 Å².